The van der Waals surface area contributed by atoms with Crippen LogP contribution in [-0.4, -0.2) is 30.0 Å². The van der Waals surface area contributed by atoms with Crippen LogP contribution in [0.15, 0.2) is 59.6 Å². The second-order valence-corrected chi connectivity index (χ2v) is 6.15. The lowest BCUT2D eigenvalue weighted by Crippen LogP contribution is -2.11. The van der Waals surface area contributed by atoms with Gasteiger partial charge in [0.15, 0.2) is 0 Å². The van der Waals surface area contributed by atoms with Crippen molar-refractivity contribution in [1.82, 2.24) is 15.4 Å². The van der Waals surface area contributed by atoms with E-state index in [-0.39, 0.29) is 11.0 Å². The lowest BCUT2D eigenvalue weighted by atomic mass is 10.1. The molecule has 0 radical (unpaired) electrons. The number of benzene rings is 2. The quantitative estimate of drug-likeness (QED) is 0.713. The Labute approximate surface area is 142 Å². The summed E-state index contributed by atoms with van der Waals surface area (Å²) in [5.41, 5.74) is 1.80. The van der Waals surface area contributed by atoms with E-state index in [1.165, 1.54) is 18.3 Å². The van der Waals surface area contributed by atoms with Gasteiger partial charge >= 0.3 is 6.15 Å². The monoisotopic (exact) mass is 360 g/mol. The fourth-order valence-electron chi connectivity index (χ4n) is 1.91. The van der Waals surface area contributed by atoms with Crippen LogP contribution in [0, 0.1) is 0 Å². The van der Waals surface area contributed by atoms with Crippen molar-refractivity contribution in [1.29, 1.82) is 0 Å². The molecule has 3 aromatic rings. The van der Waals surface area contributed by atoms with E-state index >= 15 is 0 Å². The second kappa shape index (κ2) is 7.97. The number of aromatic nitrogens is 3. The average Bonchev–Trinajstić information content (AvgIpc) is 3.09. The standard InChI is InChI=1S/C14H12N4O3S.CO2/c15-22(19,20)13-7-3-11(4-8-13)10-1-5-12(6-2-10)21-14-9-16-18-17-14;2-1-3/h1-9H,(H2,15,19,20)(H,16,17,18);. The molecule has 1 aromatic heterocycles. The second-order valence-electron chi connectivity index (χ2n) is 4.59. The third-order valence-corrected chi connectivity index (χ3v) is 3.92. The van der Waals surface area contributed by atoms with Crippen LogP contribution in [0.3, 0.4) is 0 Å². The van der Waals surface area contributed by atoms with Crippen molar-refractivity contribution in [2.24, 2.45) is 5.14 Å². The first-order valence-corrected chi connectivity index (χ1v) is 8.25. The number of hydrogen-bond donors (Lipinski definition) is 2. The molecule has 0 aliphatic heterocycles. The Kier molecular flexibility index (Phi) is 5.75. The summed E-state index contributed by atoms with van der Waals surface area (Å²) in [7, 11) is -3.67. The number of primary sulfonamides is 1. The number of sulfonamides is 1. The number of nitrogens with zero attached hydrogens (tertiary/aromatic N) is 2. The van der Waals surface area contributed by atoms with Crippen molar-refractivity contribution < 1.29 is 22.7 Å². The maximum absolute atomic E-state index is 11.2. The molecule has 3 rings (SSSR count). The highest BCUT2D eigenvalue weighted by molar-refractivity contribution is 7.89. The van der Waals surface area contributed by atoms with Gasteiger partial charge in [-0.05, 0) is 35.4 Å². The molecule has 128 valence electrons. The molecule has 0 aliphatic rings. The van der Waals surface area contributed by atoms with Gasteiger partial charge in [-0.3, -0.25) is 0 Å². The third-order valence-electron chi connectivity index (χ3n) is 2.99. The lowest BCUT2D eigenvalue weighted by Gasteiger charge is -2.05. The highest BCUT2D eigenvalue weighted by Crippen LogP contribution is 2.25. The zero-order chi connectivity index (χ0) is 18.3. The minimum Gasteiger partial charge on any atom is -0.436 e. The number of ether oxygens (including phenoxy) is 1. The summed E-state index contributed by atoms with van der Waals surface area (Å²) in [6.07, 6.45) is 1.72. The normalized spacial score (nSPS) is 10.3. The topological polar surface area (TPSA) is 145 Å². The Balaban J connectivity index is 0.000000701. The van der Waals surface area contributed by atoms with Gasteiger partial charge in [-0.1, -0.05) is 24.3 Å². The molecular weight excluding hydrogens is 348 g/mol. The van der Waals surface area contributed by atoms with Gasteiger partial charge in [-0.25, -0.2) is 13.6 Å². The van der Waals surface area contributed by atoms with Gasteiger partial charge in [0.05, 0.1) is 4.90 Å². The highest BCUT2D eigenvalue weighted by Gasteiger charge is 2.07. The Morgan fingerprint density at radius 3 is 1.92 bits per heavy atom. The predicted octanol–water partition coefficient (Wildman–Crippen LogP) is 1.33. The van der Waals surface area contributed by atoms with Gasteiger partial charge < -0.3 is 4.74 Å². The van der Waals surface area contributed by atoms with Crippen molar-refractivity contribution in [3.05, 3.63) is 54.7 Å². The van der Waals surface area contributed by atoms with Crippen LogP contribution in [0.2, 0.25) is 0 Å². The number of aromatic amines is 1. The third kappa shape index (κ3) is 5.08. The Morgan fingerprint density at radius 1 is 0.960 bits per heavy atom. The van der Waals surface area contributed by atoms with Crippen molar-refractivity contribution in [2.45, 2.75) is 4.90 Å². The summed E-state index contributed by atoms with van der Waals surface area (Å²) >= 11 is 0. The zero-order valence-electron chi connectivity index (χ0n) is 12.6. The van der Waals surface area contributed by atoms with E-state index in [2.05, 4.69) is 15.4 Å². The van der Waals surface area contributed by atoms with Crippen LogP contribution in [0.1, 0.15) is 0 Å². The molecule has 0 unspecified atom stereocenters. The number of hydrogen-bond acceptors (Lipinski definition) is 7. The molecule has 0 bridgehead atoms. The van der Waals surface area contributed by atoms with E-state index in [1.54, 1.807) is 24.3 Å². The Hall–Kier alpha value is -3.33. The average molecular weight is 360 g/mol. The van der Waals surface area contributed by atoms with Gasteiger partial charge in [0, 0.05) is 0 Å². The van der Waals surface area contributed by atoms with E-state index < -0.39 is 10.0 Å². The van der Waals surface area contributed by atoms with E-state index in [0.29, 0.717) is 11.6 Å². The minimum absolute atomic E-state index is 0.0854. The van der Waals surface area contributed by atoms with E-state index in [9.17, 15) is 8.42 Å². The van der Waals surface area contributed by atoms with E-state index in [0.717, 1.165) is 11.1 Å². The molecule has 0 aliphatic carbocycles. The zero-order valence-corrected chi connectivity index (χ0v) is 13.4. The first-order chi connectivity index (χ1) is 11.9. The summed E-state index contributed by atoms with van der Waals surface area (Å²) in [6, 6.07) is 13.7. The molecule has 10 heteroatoms. The molecule has 1 heterocycles. The van der Waals surface area contributed by atoms with Crippen LogP contribution >= 0.6 is 0 Å². The molecule has 0 spiro atoms. The fraction of sp³-hybridized carbons (Fsp3) is 0. The minimum atomic E-state index is -3.67. The van der Waals surface area contributed by atoms with Gasteiger partial charge in [-0.2, -0.15) is 19.9 Å². The first-order valence-electron chi connectivity index (χ1n) is 6.70. The van der Waals surface area contributed by atoms with E-state index in [1.807, 2.05) is 12.1 Å². The maximum Gasteiger partial charge on any atom is 0.373 e. The number of rotatable bonds is 4. The van der Waals surface area contributed by atoms with Crippen LogP contribution in [0.4, 0.5) is 0 Å². The van der Waals surface area contributed by atoms with E-state index in [4.69, 9.17) is 19.5 Å². The molecular formula is C15H12N4O5S. The van der Waals surface area contributed by atoms with Gasteiger partial charge in [0.1, 0.15) is 11.9 Å². The van der Waals surface area contributed by atoms with Crippen LogP contribution in [0.5, 0.6) is 11.6 Å². The summed E-state index contributed by atoms with van der Waals surface area (Å²) in [5.74, 6) is 1.00. The number of nitrogens with two attached hydrogens (primary N) is 1. The molecule has 0 fully saturated rings. The SMILES string of the molecule is NS(=O)(=O)c1ccc(-c2ccc(Oc3cn[nH]n3)cc2)cc1.O=C=O. The first kappa shape index (κ1) is 18.0. The Morgan fingerprint density at radius 2 is 1.48 bits per heavy atom. The summed E-state index contributed by atoms with van der Waals surface area (Å²) in [4.78, 5) is 16.3. The molecule has 25 heavy (non-hydrogen) atoms. The molecule has 9 nitrogen and oxygen atoms in total. The summed E-state index contributed by atoms with van der Waals surface area (Å²) in [6.45, 7) is 0. The predicted molar refractivity (Wildman–Crippen MR) is 84.7 cm³/mol. The summed E-state index contributed by atoms with van der Waals surface area (Å²) in [5, 5.41) is 15.0. The van der Waals surface area contributed by atoms with Crippen LogP contribution < -0.4 is 9.88 Å². The number of carbonyl (C=O) groups excluding carboxylic acids is 2. The Bertz CT molecular complexity index is 946. The molecule has 0 amide bonds. The molecule has 3 N–H and O–H groups in total. The van der Waals surface area contributed by atoms with Crippen LogP contribution in [0.25, 0.3) is 11.1 Å². The fourth-order valence-corrected chi connectivity index (χ4v) is 2.43. The number of H-pyrrole nitrogens is 1. The largest absolute Gasteiger partial charge is 0.436 e. The molecule has 0 saturated carbocycles. The molecule has 0 atom stereocenters. The van der Waals surface area contributed by atoms with Crippen molar-refractivity contribution in [2.75, 3.05) is 0 Å². The van der Waals surface area contributed by atoms with Gasteiger partial charge in [-0.15, -0.1) is 5.10 Å². The van der Waals surface area contributed by atoms with Crippen molar-refractivity contribution in [3.8, 4) is 22.8 Å². The highest BCUT2D eigenvalue weighted by atomic mass is 32.2. The molecule has 0 saturated heterocycles. The summed E-state index contributed by atoms with van der Waals surface area (Å²) < 4.78 is 27.9. The lowest BCUT2D eigenvalue weighted by molar-refractivity contribution is -0.191. The molecule has 2 aromatic carbocycles. The smallest absolute Gasteiger partial charge is 0.373 e. The van der Waals surface area contributed by atoms with Gasteiger partial charge in [0.2, 0.25) is 10.0 Å². The van der Waals surface area contributed by atoms with Gasteiger partial charge in [0.25, 0.3) is 5.88 Å². The maximum atomic E-state index is 11.2. The number of nitrogens with one attached hydrogen (secondary N) is 1. The van der Waals surface area contributed by atoms with Crippen molar-refractivity contribution >= 4 is 16.2 Å². The van der Waals surface area contributed by atoms with Crippen LogP contribution in [-0.2, 0) is 19.6 Å². The van der Waals surface area contributed by atoms with Crippen molar-refractivity contribution in [3.63, 3.8) is 0 Å².